The van der Waals surface area contributed by atoms with Gasteiger partial charge in [0.15, 0.2) is 5.82 Å². The molecule has 1 amide bonds. The highest BCUT2D eigenvalue weighted by Gasteiger charge is 2.14. The number of nitrogens with two attached hydrogens (primary N) is 1. The van der Waals surface area contributed by atoms with Gasteiger partial charge in [-0.2, -0.15) is 0 Å². The molecule has 8 heteroatoms. The van der Waals surface area contributed by atoms with Gasteiger partial charge in [0.1, 0.15) is 11.6 Å². The fourth-order valence-electron chi connectivity index (χ4n) is 3.86. The van der Waals surface area contributed by atoms with Gasteiger partial charge in [-0.15, -0.1) is 0 Å². The molecule has 0 spiro atoms. The van der Waals surface area contributed by atoms with E-state index in [4.69, 9.17) is 15.7 Å². The summed E-state index contributed by atoms with van der Waals surface area (Å²) in [4.78, 5) is 25.7. The maximum Gasteiger partial charge on any atom is 0.249 e. The lowest BCUT2D eigenvalue weighted by atomic mass is 9.98. The van der Waals surface area contributed by atoms with Crippen LogP contribution in [0.2, 0.25) is 0 Å². The second-order valence-corrected chi connectivity index (χ2v) is 8.61. The van der Waals surface area contributed by atoms with Gasteiger partial charge in [-0.25, -0.2) is 14.4 Å². The van der Waals surface area contributed by atoms with Crippen molar-refractivity contribution in [3.05, 3.63) is 102 Å². The number of nitrogens with one attached hydrogen (secondary N) is 1. The molecule has 0 fully saturated rings. The predicted octanol–water partition coefficient (Wildman–Crippen LogP) is 6.28. The fourth-order valence-corrected chi connectivity index (χ4v) is 4.44. The van der Waals surface area contributed by atoms with E-state index in [9.17, 15) is 9.18 Å². The van der Waals surface area contributed by atoms with Crippen molar-refractivity contribution in [3.63, 3.8) is 0 Å². The number of hydrogen-bond donors (Lipinski definition) is 2. The number of pyridine rings is 1. The van der Waals surface area contributed by atoms with Crippen molar-refractivity contribution in [2.24, 2.45) is 5.73 Å². The quantitative estimate of drug-likeness (QED) is 0.184. The van der Waals surface area contributed by atoms with Crippen molar-refractivity contribution in [1.82, 2.24) is 15.0 Å². The molecule has 0 radical (unpaired) electrons. The first-order valence-corrected chi connectivity index (χ1v) is 12.3. The molecule has 3 N–H and O–H groups in total. The standard InChI is InChI=1S/C27H19FIN5O/c28-23-10-8-19(12-18(23)14-29)32-27-22-9-7-16(20-5-1-2-6-21(20)25(30)35)13-24(22)33-26(34-27)17-4-3-11-31-15-17/h1-13,15H,14H2,(H2,30,35)(H,32,33,34). The van der Waals surface area contributed by atoms with E-state index < -0.39 is 5.91 Å². The molecule has 2 aromatic heterocycles. The number of aromatic nitrogens is 3. The lowest BCUT2D eigenvalue weighted by Crippen LogP contribution is -2.12. The van der Waals surface area contributed by atoms with E-state index in [1.54, 1.807) is 36.7 Å². The second kappa shape index (κ2) is 9.75. The van der Waals surface area contributed by atoms with Crippen molar-refractivity contribution in [2.45, 2.75) is 4.43 Å². The molecular weight excluding hydrogens is 556 g/mol. The normalized spacial score (nSPS) is 10.9. The first kappa shape index (κ1) is 22.9. The molecule has 3 aromatic carbocycles. The number of rotatable bonds is 6. The van der Waals surface area contributed by atoms with Gasteiger partial charge in [-0.3, -0.25) is 9.78 Å². The molecule has 0 unspecified atom stereocenters. The van der Waals surface area contributed by atoms with Crippen LogP contribution in [0.25, 0.3) is 33.4 Å². The molecule has 6 nitrogen and oxygen atoms in total. The monoisotopic (exact) mass is 575 g/mol. The Morgan fingerprint density at radius 2 is 1.83 bits per heavy atom. The van der Waals surface area contributed by atoms with Crippen molar-refractivity contribution in [2.75, 3.05) is 5.32 Å². The highest BCUT2D eigenvalue weighted by atomic mass is 127. The van der Waals surface area contributed by atoms with Crippen molar-refractivity contribution in [1.29, 1.82) is 0 Å². The SMILES string of the molecule is NC(=O)c1ccccc1-c1ccc2c(Nc3ccc(F)c(CI)c3)nc(-c3cccnc3)nc2c1. The van der Waals surface area contributed by atoms with Crippen molar-refractivity contribution < 1.29 is 9.18 Å². The zero-order valence-corrected chi connectivity index (χ0v) is 20.5. The Morgan fingerprint density at radius 1 is 0.971 bits per heavy atom. The van der Waals surface area contributed by atoms with Crippen LogP contribution in [0.4, 0.5) is 15.9 Å². The van der Waals surface area contributed by atoms with Crippen LogP contribution in [0.5, 0.6) is 0 Å². The highest BCUT2D eigenvalue weighted by molar-refractivity contribution is 14.1. The van der Waals surface area contributed by atoms with E-state index in [0.29, 0.717) is 32.7 Å². The first-order valence-electron chi connectivity index (χ1n) is 10.8. The van der Waals surface area contributed by atoms with Gasteiger partial charge in [-0.1, -0.05) is 46.9 Å². The van der Waals surface area contributed by atoms with Gasteiger partial charge >= 0.3 is 0 Å². The van der Waals surface area contributed by atoms with Gasteiger partial charge in [0.25, 0.3) is 0 Å². The van der Waals surface area contributed by atoms with Gasteiger partial charge in [0.2, 0.25) is 5.91 Å². The third-order valence-electron chi connectivity index (χ3n) is 5.57. The van der Waals surface area contributed by atoms with Gasteiger partial charge in [0.05, 0.1) is 5.52 Å². The fraction of sp³-hybridized carbons (Fsp3) is 0.0370. The van der Waals surface area contributed by atoms with Crippen molar-refractivity contribution in [3.8, 4) is 22.5 Å². The van der Waals surface area contributed by atoms with Crippen LogP contribution in [0.15, 0.2) is 85.2 Å². The van der Waals surface area contributed by atoms with Crippen LogP contribution in [-0.4, -0.2) is 20.9 Å². The third kappa shape index (κ3) is 4.69. The van der Waals surface area contributed by atoms with Gasteiger partial charge in [-0.05, 0) is 65.2 Å². The zero-order chi connectivity index (χ0) is 24.4. The molecule has 0 saturated heterocycles. The minimum atomic E-state index is -0.496. The van der Waals surface area contributed by atoms with Crippen LogP contribution < -0.4 is 11.1 Å². The number of fused-ring (bicyclic) bond motifs is 1. The Labute approximate surface area is 214 Å². The van der Waals surface area contributed by atoms with E-state index in [2.05, 4.69) is 32.9 Å². The number of primary amides is 1. The average molecular weight is 575 g/mol. The summed E-state index contributed by atoms with van der Waals surface area (Å²) in [5.41, 5.74) is 10.3. The summed E-state index contributed by atoms with van der Waals surface area (Å²) in [6.45, 7) is 0. The van der Waals surface area contributed by atoms with Crippen LogP contribution in [0.1, 0.15) is 15.9 Å². The van der Waals surface area contributed by atoms with Crippen LogP contribution >= 0.6 is 22.6 Å². The number of benzene rings is 3. The second-order valence-electron chi connectivity index (χ2n) is 7.84. The Kier molecular flexibility index (Phi) is 6.37. The molecule has 5 rings (SSSR count). The predicted molar refractivity (Wildman–Crippen MR) is 144 cm³/mol. The molecule has 0 atom stereocenters. The topological polar surface area (TPSA) is 93.8 Å². The number of hydrogen-bond acceptors (Lipinski definition) is 5. The van der Waals surface area contributed by atoms with E-state index in [1.807, 2.05) is 42.5 Å². The summed E-state index contributed by atoms with van der Waals surface area (Å²) in [5.74, 6) is 0.328. The molecule has 35 heavy (non-hydrogen) atoms. The molecule has 0 bridgehead atoms. The summed E-state index contributed by atoms with van der Waals surface area (Å²) in [5, 5.41) is 4.11. The molecule has 5 aromatic rings. The summed E-state index contributed by atoms with van der Waals surface area (Å²) in [6.07, 6.45) is 3.38. The Morgan fingerprint density at radius 3 is 2.60 bits per heavy atom. The Bertz CT molecular complexity index is 1560. The van der Waals surface area contributed by atoms with Crippen molar-refractivity contribution >= 4 is 50.9 Å². The molecular formula is C27H19FIN5O. The number of carbonyl (C=O) groups excluding carboxylic acids is 1. The lowest BCUT2D eigenvalue weighted by molar-refractivity contribution is 0.100. The van der Waals surface area contributed by atoms with Crippen LogP contribution in [0, 0.1) is 5.82 Å². The highest BCUT2D eigenvalue weighted by Crippen LogP contribution is 2.32. The minimum Gasteiger partial charge on any atom is -0.366 e. The van der Waals surface area contributed by atoms with Gasteiger partial charge in [0, 0.05) is 39.0 Å². The summed E-state index contributed by atoms with van der Waals surface area (Å²) >= 11 is 2.14. The molecule has 2 heterocycles. The minimum absolute atomic E-state index is 0.244. The average Bonchev–Trinajstić information content (AvgIpc) is 2.89. The number of carbonyl (C=O) groups is 1. The molecule has 0 aliphatic carbocycles. The third-order valence-corrected chi connectivity index (χ3v) is 6.39. The summed E-state index contributed by atoms with van der Waals surface area (Å²) < 4.78 is 14.6. The smallest absolute Gasteiger partial charge is 0.249 e. The number of alkyl halides is 1. The van der Waals surface area contributed by atoms with Gasteiger partial charge < -0.3 is 11.1 Å². The largest absolute Gasteiger partial charge is 0.366 e. The lowest BCUT2D eigenvalue weighted by Gasteiger charge is -2.14. The molecule has 0 aliphatic heterocycles. The Balaban J connectivity index is 1.68. The van der Waals surface area contributed by atoms with E-state index >= 15 is 0 Å². The van der Waals surface area contributed by atoms with E-state index in [-0.39, 0.29) is 5.82 Å². The van der Waals surface area contributed by atoms with Crippen LogP contribution in [0.3, 0.4) is 0 Å². The zero-order valence-electron chi connectivity index (χ0n) is 18.4. The molecule has 0 aliphatic rings. The maximum atomic E-state index is 14.0. The maximum absolute atomic E-state index is 14.0. The van der Waals surface area contributed by atoms with E-state index in [0.717, 1.165) is 27.8 Å². The van der Waals surface area contributed by atoms with Crippen LogP contribution in [-0.2, 0) is 4.43 Å². The summed E-state index contributed by atoms with van der Waals surface area (Å²) in [6, 6.07) is 21.5. The Hall–Kier alpha value is -3.92. The number of anilines is 2. The number of nitrogens with zero attached hydrogens (tertiary/aromatic N) is 3. The summed E-state index contributed by atoms with van der Waals surface area (Å²) in [7, 11) is 0. The van der Waals surface area contributed by atoms with E-state index in [1.165, 1.54) is 6.07 Å². The number of amides is 1. The first-order chi connectivity index (χ1) is 17.0. The molecule has 0 saturated carbocycles. The number of halogens is 2. The molecule has 172 valence electrons.